The van der Waals surface area contributed by atoms with Crippen molar-refractivity contribution in [3.05, 3.63) is 47.5 Å². The van der Waals surface area contributed by atoms with Gasteiger partial charge in [0.25, 0.3) is 0 Å². The average Bonchev–Trinajstić information content (AvgIpc) is 3.02. The molecule has 0 bridgehead atoms. The summed E-state index contributed by atoms with van der Waals surface area (Å²) in [6, 6.07) is 7.59. The van der Waals surface area contributed by atoms with E-state index in [-0.39, 0.29) is 11.7 Å². The molecule has 0 aromatic heterocycles. The molecule has 6 heteroatoms. The minimum atomic E-state index is -0.563. The Labute approximate surface area is 161 Å². The molecule has 1 aliphatic rings. The number of nitrogens with zero attached hydrogens (tertiary/aromatic N) is 2. The molecule has 0 spiro atoms. The number of halogens is 1. The molecule has 0 saturated carbocycles. The first-order chi connectivity index (χ1) is 12.3. The maximum atomic E-state index is 10.3. The van der Waals surface area contributed by atoms with E-state index >= 15 is 0 Å². The van der Waals surface area contributed by atoms with Crippen LogP contribution >= 0.6 is 11.6 Å². The fraction of sp³-hybridized carbons (Fsp3) is 0.550. The Bertz CT molecular complexity index is 610. The summed E-state index contributed by atoms with van der Waals surface area (Å²) in [6.45, 7) is 11.9. The Morgan fingerprint density at radius 1 is 1.42 bits per heavy atom. The first-order valence-corrected chi connectivity index (χ1v) is 9.28. The van der Waals surface area contributed by atoms with Crippen molar-refractivity contribution in [2.24, 2.45) is 5.16 Å². The van der Waals surface area contributed by atoms with E-state index in [1.807, 2.05) is 51.1 Å². The lowest BCUT2D eigenvalue weighted by atomic mass is 10.0. The number of benzene rings is 1. The quantitative estimate of drug-likeness (QED) is 0.666. The van der Waals surface area contributed by atoms with Gasteiger partial charge in [-0.3, -0.25) is 4.90 Å². The van der Waals surface area contributed by atoms with Gasteiger partial charge in [-0.05, 0) is 38.5 Å². The van der Waals surface area contributed by atoms with Gasteiger partial charge in [0.15, 0.2) is 0 Å². The summed E-state index contributed by atoms with van der Waals surface area (Å²) in [4.78, 5) is 7.69. The lowest BCUT2D eigenvalue weighted by Crippen LogP contribution is -2.40. The zero-order chi connectivity index (χ0) is 19.2. The summed E-state index contributed by atoms with van der Waals surface area (Å²) >= 11 is 5.93. The van der Waals surface area contributed by atoms with E-state index in [1.165, 1.54) is 0 Å². The zero-order valence-corrected chi connectivity index (χ0v) is 16.6. The molecule has 0 unspecified atom stereocenters. The first kappa shape index (κ1) is 20.9. The van der Waals surface area contributed by atoms with Crippen molar-refractivity contribution in [2.45, 2.75) is 45.0 Å². The Balaban J connectivity index is 1.84. The molecular formula is C20H29ClN2O3. The lowest BCUT2D eigenvalue weighted by molar-refractivity contribution is -0.0583. The Kier molecular flexibility index (Phi) is 7.65. The highest BCUT2D eigenvalue weighted by Crippen LogP contribution is 2.19. The molecule has 1 aliphatic heterocycles. The molecule has 2 rings (SSSR count). The van der Waals surface area contributed by atoms with Gasteiger partial charge in [-0.1, -0.05) is 35.0 Å². The Morgan fingerprint density at radius 2 is 2.12 bits per heavy atom. The van der Waals surface area contributed by atoms with Gasteiger partial charge in [0.2, 0.25) is 0 Å². The smallest absolute Gasteiger partial charge is 0.145 e. The van der Waals surface area contributed by atoms with Gasteiger partial charge in [-0.25, -0.2) is 0 Å². The molecule has 0 saturated heterocycles. The van der Waals surface area contributed by atoms with Gasteiger partial charge in [0, 0.05) is 31.1 Å². The normalized spacial score (nSPS) is 18.5. The van der Waals surface area contributed by atoms with Crippen molar-refractivity contribution >= 4 is 17.3 Å². The van der Waals surface area contributed by atoms with Crippen molar-refractivity contribution in [3.8, 4) is 0 Å². The van der Waals surface area contributed by atoms with Crippen LogP contribution in [0.25, 0.3) is 0 Å². The maximum absolute atomic E-state index is 10.3. The summed E-state index contributed by atoms with van der Waals surface area (Å²) in [5.41, 5.74) is 1.67. The highest BCUT2D eigenvalue weighted by molar-refractivity contribution is 6.30. The molecule has 1 aromatic carbocycles. The van der Waals surface area contributed by atoms with Gasteiger partial charge in [0.05, 0.1) is 24.0 Å². The molecule has 144 valence electrons. The summed E-state index contributed by atoms with van der Waals surface area (Å²) in [6.07, 6.45) is 1.94. The van der Waals surface area contributed by atoms with Gasteiger partial charge < -0.3 is 14.7 Å². The molecular weight excluding hydrogens is 352 g/mol. The van der Waals surface area contributed by atoms with Crippen LogP contribution in [0.5, 0.6) is 0 Å². The summed E-state index contributed by atoms with van der Waals surface area (Å²) in [5, 5.41) is 15.2. The second-order valence-electron chi connectivity index (χ2n) is 7.56. The lowest BCUT2D eigenvalue weighted by Gasteiger charge is -2.27. The Morgan fingerprint density at radius 3 is 2.73 bits per heavy atom. The van der Waals surface area contributed by atoms with Crippen LogP contribution in [0, 0.1) is 0 Å². The average molecular weight is 381 g/mol. The first-order valence-electron chi connectivity index (χ1n) is 8.90. The van der Waals surface area contributed by atoms with Crippen LogP contribution in [0.3, 0.4) is 0 Å². The van der Waals surface area contributed by atoms with Gasteiger partial charge >= 0.3 is 0 Å². The maximum Gasteiger partial charge on any atom is 0.145 e. The molecule has 2 atom stereocenters. The Hall–Kier alpha value is -1.40. The molecule has 0 radical (unpaired) electrons. The minimum Gasteiger partial charge on any atom is -0.390 e. The standard InChI is InChI=1S/C20H29ClN2O3/c1-5-10-23(12-17(24)14-25-20(2,3)4)13-18-11-19(22-26-18)15-6-8-16(21)9-7-15/h5-9,17-18,24H,1,10-14H2,2-4H3/t17-,18+/m1/s1. The van der Waals surface area contributed by atoms with Crippen molar-refractivity contribution in [2.75, 3.05) is 26.2 Å². The van der Waals surface area contributed by atoms with Crippen molar-refractivity contribution < 1.29 is 14.7 Å². The predicted octanol–water partition coefficient (Wildman–Crippen LogP) is 3.50. The SMILES string of the molecule is C=CCN(C[C@@H](O)COC(C)(C)C)C[C@@H]1CC(c2ccc(Cl)cc2)=NO1. The van der Waals surface area contributed by atoms with Crippen LogP contribution < -0.4 is 0 Å². The second-order valence-corrected chi connectivity index (χ2v) is 8.00. The van der Waals surface area contributed by atoms with E-state index < -0.39 is 6.10 Å². The van der Waals surface area contributed by atoms with Crippen molar-refractivity contribution in [3.63, 3.8) is 0 Å². The molecule has 26 heavy (non-hydrogen) atoms. The number of oxime groups is 1. The number of hydrogen-bond acceptors (Lipinski definition) is 5. The monoisotopic (exact) mass is 380 g/mol. The third-order valence-electron chi connectivity index (χ3n) is 3.94. The van der Waals surface area contributed by atoms with Crippen LogP contribution in [-0.2, 0) is 9.57 Å². The summed E-state index contributed by atoms with van der Waals surface area (Å²) < 4.78 is 5.66. The van der Waals surface area contributed by atoms with Crippen LogP contribution in [0.2, 0.25) is 5.02 Å². The zero-order valence-electron chi connectivity index (χ0n) is 15.8. The molecule has 0 fully saturated rings. The van der Waals surface area contributed by atoms with E-state index in [0.717, 1.165) is 17.7 Å². The van der Waals surface area contributed by atoms with E-state index in [1.54, 1.807) is 0 Å². The van der Waals surface area contributed by atoms with E-state index in [0.29, 0.717) is 31.3 Å². The number of hydrogen-bond donors (Lipinski definition) is 1. The largest absolute Gasteiger partial charge is 0.390 e. The highest BCUT2D eigenvalue weighted by Gasteiger charge is 2.25. The predicted molar refractivity (Wildman–Crippen MR) is 106 cm³/mol. The van der Waals surface area contributed by atoms with E-state index in [9.17, 15) is 5.11 Å². The van der Waals surface area contributed by atoms with E-state index in [4.69, 9.17) is 21.2 Å². The number of aliphatic hydroxyl groups is 1. The summed E-state index contributed by atoms with van der Waals surface area (Å²) in [5.74, 6) is 0. The van der Waals surface area contributed by atoms with Gasteiger partial charge in [0.1, 0.15) is 6.10 Å². The molecule has 1 aromatic rings. The van der Waals surface area contributed by atoms with Crippen LogP contribution in [0.15, 0.2) is 42.1 Å². The van der Waals surface area contributed by atoms with Crippen LogP contribution in [0.4, 0.5) is 0 Å². The van der Waals surface area contributed by atoms with Crippen LogP contribution in [-0.4, -0.2) is 59.8 Å². The number of rotatable bonds is 9. The molecule has 0 aliphatic carbocycles. The topological polar surface area (TPSA) is 54.3 Å². The van der Waals surface area contributed by atoms with Crippen molar-refractivity contribution in [1.29, 1.82) is 0 Å². The van der Waals surface area contributed by atoms with Gasteiger partial charge in [-0.15, -0.1) is 6.58 Å². The van der Waals surface area contributed by atoms with Crippen LogP contribution in [0.1, 0.15) is 32.8 Å². The highest BCUT2D eigenvalue weighted by atomic mass is 35.5. The molecule has 5 nitrogen and oxygen atoms in total. The summed E-state index contributed by atoms with van der Waals surface area (Å²) in [7, 11) is 0. The fourth-order valence-electron chi connectivity index (χ4n) is 2.73. The third kappa shape index (κ3) is 7.08. The molecule has 1 N–H and O–H groups in total. The fourth-order valence-corrected chi connectivity index (χ4v) is 2.86. The van der Waals surface area contributed by atoms with E-state index in [2.05, 4.69) is 16.6 Å². The van der Waals surface area contributed by atoms with Gasteiger partial charge in [-0.2, -0.15) is 0 Å². The number of aliphatic hydroxyl groups excluding tert-OH is 1. The number of ether oxygens (including phenoxy) is 1. The van der Waals surface area contributed by atoms with Crippen molar-refractivity contribution in [1.82, 2.24) is 4.90 Å². The molecule has 0 amide bonds. The second kappa shape index (κ2) is 9.51. The third-order valence-corrected chi connectivity index (χ3v) is 4.19. The molecule has 1 heterocycles. The minimum absolute atomic E-state index is 0.0450.